The van der Waals surface area contributed by atoms with E-state index in [-0.39, 0.29) is 11.7 Å². The Labute approximate surface area is 148 Å². The maximum absolute atomic E-state index is 13.9. The van der Waals surface area contributed by atoms with Gasteiger partial charge in [-0.05, 0) is 18.1 Å². The highest BCUT2D eigenvalue weighted by Gasteiger charge is 2.22. The average molecular weight is 357 g/mol. The number of amides is 1. The summed E-state index contributed by atoms with van der Waals surface area (Å²) in [5, 5.41) is 0.454. The van der Waals surface area contributed by atoms with E-state index in [1.54, 1.807) is 12.1 Å². The van der Waals surface area contributed by atoms with Gasteiger partial charge in [0.25, 0.3) is 0 Å². The first-order valence-corrected chi connectivity index (χ1v) is 8.86. The predicted octanol–water partition coefficient (Wildman–Crippen LogP) is 3.19. The fourth-order valence-corrected chi connectivity index (χ4v) is 2.92. The molecule has 24 heavy (non-hydrogen) atoms. The van der Waals surface area contributed by atoms with Crippen LogP contribution >= 0.6 is 11.6 Å². The molecule has 0 bridgehead atoms. The fraction of sp³-hybridized carbons (Fsp3) is 0.611. The third-order valence-electron chi connectivity index (χ3n) is 4.08. The van der Waals surface area contributed by atoms with E-state index in [1.807, 2.05) is 4.90 Å². The molecule has 1 saturated heterocycles. The smallest absolute Gasteiger partial charge is 0.224 e. The number of hydrogen-bond acceptors (Lipinski definition) is 3. The molecule has 4 nitrogen and oxygen atoms in total. The number of hydrogen-bond donors (Lipinski definition) is 0. The van der Waals surface area contributed by atoms with Crippen molar-refractivity contribution in [3.63, 3.8) is 0 Å². The van der Waals surface area contributed by atoms with Crippen LogP contribution in [0.2, 0.25) is 5.02 Å². The van der Waals surface area contributed by atoms with Gasteiger partial charge in [0.05, 0.1) is 13.0 Å². The Balaban J connectivity index is 1.74. The molecule has 1 heterocycles. The Kier molecular flexibility index (Phi) is 7.46. The zero-order valence-corrected chi connectivity index (χ0v) is 15.2. The van der Waals surface area contributed by atoms with Gasteiger partial charge in [0.15, 0.2) is 0 Å². The van der Waals surface area contributed by atoms with Crippen LogP contribution in [-0.2, 0) is 16.1 Å². The minimum absolute atomic E-state index is 0.127. The van der Waals surface area contributed by atoms with Crippen molar-refractivity contribution in [1.29, 1.82) is 0 Å². The molecule has 0 unspecified atom stereocenters. The molecule has 0 radical (unpaired) electrons. The Morgan fingerprint density at radius 1 is 1.29 bits per heavy atom. The average Bonchev–Trinajstić information content (AvgIpc) is 2.55. The molecular weight excluding hydrogens is 331 g/mol. The van der Waals surface area contributed by atoms with Crippen molar-refractivity contribution in [3.8, 4) is 0 Å². The van der Waals surface area contributed by atoms with Gasteiger partial charge in [0.1, 0.15) is 5.82 Å². The van der Waals surface area contributed by atoms with Crippen molar-refractivity contribution in [2.24, 2.45) is 5.92 Å². The minimum Gasteiger partial charge on any atom is -0.381 e. The second-order valence-corrected chi connectivity index (χ2v) is 6.98. The molecule has 1 aliphatic rings. The zero-order valence-electron chi connectivity index (χ0n) is 14.4. The first-order chi connectivity index (χ1) is 11.5. The molecule has 0 aliphatic carbocycles. The standard InChI is InChI=1S/C18H26ClFN2O2/c1-14(2)13-24-11-6-18(23)22-9-7-21(8-10-22)12-15-16(19)4-3-5-17(15)20/h3-5,14H,6-13H2,1-2H3. The van der Waals surface area contributed by atoms with Gasteiger partial charge < -0.3 is 9.64 Å². The third kappa shape index (κ3) is 5.72. The summed E-state index contributed by atoms with van der Waals surface area (Å²) in [5.41, 5.74) is 0.529. The van der Waals surface area contributed by atoms with Crippen LogP contribution in [0.1, 0.15) is 25.8 Å². The summed E-state index contributed by atoms with van der Waals surface area (Å²) in [4.78, 5) is 16.1. The number of nitrogens with zero attached hydrogens (tertiary/aromatic N) is 2. The largest absolute Gasteiger partial charge is 0.381 e. The van der Waals surface area contributed by atoms with Crippen molar-refractivity contribution in [2.45, 2.75) is 26.8 Å². The quantitative estimate of drug-likeness (QED) is 0.703. The first kappa shape index (κ1) is 19.2. The van der Waals surface area contributed by atoms with Gasteiger partial charge in [0, 0.05) is 49.9 Å². The summed E-state index contributed by atoms with van der Waals surface area (Å²) in [6, 6.07) is 4.74. The maximum Gasteiger partial charge on any atom is 0.224 e. The summed E-state index contributed by atoms with van der Waals surface area (Å²) in [7, 11) is 0. The zero-order chi connectivity index (χ0) is 17.5. The molecule has 1 fully saturated rings. The van der Waals surface area contributed by atoms with Gasteiger partial charge in [-0.3, -0.25) is 9.69 Å². The molecule has 1 aromatic rings. The minimum atomic E-state index is -0.275. The Morgan fingerprint density at radius 3 is 2.62 bits per heavy atom. The summed E-state index contributed by atoms with van der Waals surface area (Å²) in [6.07, 6.45) is 0.422. The highest BCUT2D eigenvalue weighted by molar-refractivity contribution is 6.31. The highest BCUT2D eigenvalue weighted by Crippen LogP contribution is 2.21. The van der Waals surface area contributed by atoms with Crippen molar-refractivity contribution in [2.75, 3.05) is 39.4 Å². The third-order valence-corrected chi connectivity index (χ3v) is 4.43. The molecule has 1 aliphatic heterocycles. The van der Waals surface area contributed by atoms with E-state index < -0.39 is 0 Å². The van der Waals surface area contributed by atoms with Gasteiger partial charge in [-0.1, -0.05) is 31.5 Å². The van der Waals surface area contributed by atoms with Crippen LogP contribution in [-0.4, -0.2) is 55.1 Å². The lowest BCUT2D eigenvalue weighted by molar-refractivity contribution is -0.134. The summed E-state index contributed by atoms with van der Waals surface area (Å²) >= 11 is 6.08. The number of carbonyl (C=O) groups excluding carboxylic acids is 1. The lowest BCUT2D eigenvalue weighted by Gasteiger charge is -2.35. The van der Waals surface area contributed by atoms with Crippen molar-refractivity contribution >= 4 is 17.5 Å². The van der Waals surface area contributed by atoms with E-state index in [4.69, 9.17) is 16.3 Å². The molecule has 134 valence electrons. The molecule has 1 amide bonds. The summed E-state index contributed by atoms with van der Waals surface area (Å²) in [5.74, 6) is 0.333. The van der Waals surface area contributed by atoms with E-state index >= 15 is 0 Å². The van der Waals surface area contributed by atoms with E-state index in [0.717, 1.165) is 13.1 Å². The van der Waals surface area contributed by atoms with Crippen LogP contribution in [0.4, 0.5) is 4.39 Å². The van der Waals surface area contributed by atoms with Gasteiger partial charge in [-0.15, -0.1) is 0 Å². The fourth-order valence-electron chi connectivity index (χ4n) is 2.70. The molecule has 0 aromatic heterocycles. The molecule has 0 atom stereocenters. The monoisotopic (exact) mass is 356 g/mol. The van der Waals surface area contributed by atoms with Crippen molar-refractivity contribution in [3.05, 3.63) is 34.6 Å². The molecule has 0 N–H and O–H groups in total. The van der Waals surface area contributed by atoms with Crippen LogP contribution in [0, 0.1) is 11.7 Å². The Hall–Kier alpha value is -1.17. The van der Waals surface area contributed by atoms with Crippen LogP contribution in [0.3, 0.4) is 0 Å². The lowest BCUT2D eigenvalue weighted by atomic mass is 10.1. The van der Waals surface area contributed by atoms with Crippen LogP contribution < -0.4 is 0 Å². The second-order valence-electron chi connectivity index (χ2n) is 6.58. The second kappa shape index (κ2) is 9.35. The van der Waals surface area contributed by atoms with Crippen LogP contribution in [0.5, 0.6) is 0 Å². The Bertz CT molecular complexity index is 526. The number of piperazine rings is 1. The van der Waals surface area contributed by atoms with Crippen molar-refractivity contribution < 1.29 is 13.9 Å². The SMILES string of the molecule is CC(C)COCCC(=O)N1CCN(Cc2c(F)cccc2Cl)CC1. The van der Waals surface area contributed by atoms with E-state index in [1.165, 1.54) is 6.07 Å². The molecule has 0 saturated carbocycles. The normalized spacial score (nSPS) is 16.0. The molecular formula is C18H26ClFN2O2. The molecule has 0 spiro atoms. The molecule has 1 aromatic carbocycles. The number of halogens is 2. The first-order valence-electron chi connectivity index (χ1n) is 8.48. The Morgan fingerprint density at radius 2 is 2.00 bits per heavy atom. The summed E-state index contributed by atoms with van der Waals surface area (Å²) < 4.78 is 19.3. The van der Waals surface area contributed by atoms with Crippen molar-refractivity contribution in [1.82, 2.24) is 9.80 Å². The van der Waals surface area contributed by atoms with Crippen LogP contribution in [0.15, 0.2) is 18.2 Å². The van der Waals surface area contributed by atoms with E-state index in [0.29, 0.717) is 55.8 Å². The molecule has 6 heteroatoms. The summed E-state index contributed by atoms with van der Waals surface area (Å²) in [6.45, 7) is 8.58. The van der Waals surface area contributed by atoms with Gasteiger partial charge in [-0.2, -0.15) is 0 Å². The van der Waals surface area contributed by atoms with Gasteiger partial charge >= 0.3 is 0 Å². The number of rotatable bonds is 7. The molecule has 2 rings (SSSR count). The van der Waals surface area contributed by atoms with Gasteiger partial charge in [-0.25, -0.2) is 4.39 Å². The topological polar surface area (TPSA) is 32.8 Å². The predicted molar refractivity (Wildman–Crippen MR) is 93.5 cm³/mol. The highest BCUT2D eigenvalue weighted by atomic mass is 35.5. The number of ether oxygens (including phenoxy) is 1. The number of carbonyl (C=O) groups is 1. The van der Waals surface area contributed by atoms with Crippen LogP contribution in [0.25, 0.3) is 0 Å². The van der Waals surface area contributed by atoms with Gasteiger partial charge in [0.2, 0.25) is 5.91 Å². The maximum atomic E-state index is 13.9. The van der Waals surface area contributed by atoms with E-state index in [2.05, 4.69) is 18.7 Å². The lowest BCUT2D eigenvalue weighted by Crippen LogP contribution is -2.48. The number of benzene rings is 1. The van der Waals surface area contributed by atoms with E-state index in [9.17, 15) is 9.18 Å².